The van der Waals surface area contributed by atoms with E-state index in [4.69, 9.17) is 9.15 Å². The van der Waals surface area contributed by atoms with Gasteiger partial charge in [-0.2, -0.15) is 10.4 Å². The molecule has 0 atom stereocenters. The molecule has 0 N–H and O–H groups in total. The molecule has 2 aromatic carbocycles. The summed E-state index contributed by atoms with van der Waals surface area (Å²) < 4.78 is 12.8. The van der Waals surface area contributed by atoms with Gasteiger partial charge in [0.1, 0.15) is 24.0 Å². The van der Waals surface area contributed by atoms with Crippen molar-refractivity contribution in [3.8, 4) is 29.0 Å². The van der Waals surface area contributed by atoms with Crippen LogP contribution >= 0.6 is 0 Å². The summed E-state index contributed by atoms with van der Waals surface area (Å²) in [6.07, 6.45) is 1.29. The van der Waals surface area contributed by atoms with Crippen molar-refractivity contribution in [3.05, 3.63) is 77.9 Å². The van der Waals surface area contributed by atoms with Gasteiger partial charge in [0, 0.05) is 5.56 Å². The lowest BCUT2D eigenvalue weighted by atomic mass is 10.2. The van der Waals surface area contributed by atoms with Crippen molar-refractivity contribution in [1.29, 1.82) is 5.26 Å². The van der Waals surface area contributed by atoms with Crippen LogP contribution in [0.15, 0.2) is 65.4 Å². The van der Waals surface area contributed by atoms with E-state index in [0.29, 0.717) is 28.6 Å². The van der Waals surface area contributed by atoms with Gasteiger partial charge in [-0.05, 0) is 43.3 Å². The maximum atomic E-state index is 9.52. The largest absolute Gasteiger partial charge is 0.487 e. The molecule has 0 aliphatic rings. The van der Waals surface area contributed by atoms with Crippen LogP contribution in [0.5, 0.6) is 5.75 Å². The number of para-hydroxylation sites is 1. The van der Waals surface area contributed by atoms with Gasteiger partial charge in [-0.25, -0.2) is 4.68 Å². The highest BCUT2D eigenvalue weighted by atomic mass is 16.5. The van der Waals surface area contributed by atoms with E-state index in [-0.39, 0.29) is 6.61 Å². The smallest absolute Gasteiger partial charge is 0.247 e. The van der Waals surface area contributed by atoms with Crippen molar-refractivity contribution in [2.75, 3.05) is 0 Å². The van der Waals surface area contributed by atoms with Crippen molar-refractivity contribution < 1.29 is 9.15 Å². The minimum atomic E-state index is 0.221. The maximum absolute atomic E-state index is 9.52. The molecule has 4 aromatic rings. The number of aryl methyl sites for hydroxylation is 1. The van der Waals surface area contributed by atoms with Crippen LogP contribution in [0.3, 0.4) is 0 Å². The minimum Gasteiger partial charge on any atom is -0.487 e. The molecule has 4 rings (SSSR count). The molecule has 0 unspecified atom stereocenters. The van der Waals surface area contributed by atoms with E-state index in [1.807, 2.05) is 61.5 Å². The molecule has 0 aliphatic heterocycles. The molecule has 0 aliphatic carbocycles. The number of aromatic nitrogens is 4. The third kappa shape index (κ3) is 3.28. The van der Waals surface area contributed by atoms with Gasteiger partial charge >= 0.3 is 0 Å². The van der Waals surface area contributed by atoms with Gasteiger partial charge in [0.15, 0.2) is 0 Å². The number of hydrogen-bond donors (Lipinski definition) is 0. The average Bonchev–Trinajstić information content (AvgIpc) is 3.35. The standard InChI is InChI=1S/C20H15N5O2/c1-14-18(11-21)19(25(24-14)16-5-3-2-4-6-16)12-26-17-9-7-15(8-10-17)20-23-22-13-27-20/h2-10,13H,12H2,1H3. The van der Waals surface area contributed by atoms with Crippen molar-refractivity contribution >= 4 is 0 Å². The Bertz CT molecular complexity index is 1080. The predicted octanol–water partition coefficient (Wildman–Crippen LogP) is 3.68. The quantitative estimate of drug-likeness (QED) is 0.541. The Morgan fingerprint density at radius 1 is 1.11 bits per heavy atom. The minimum absolute atomic E-state index is 0.221. The lowest BCUT2D eigenvalue weighted by Crippen LogP contribution is -2.07. The van der Waals surface area contributed by atoms with Crippen LogP contribution in [0.1, 0.15) is 17.0 Å². The molecule has 0 amide bonds. The Balaban J connectivity index is 1.59. The van der Waals surface area contributed by atoms with Crippen LogP contribution in [0, 0.1) is 18.3 Å². The van der Waals surface area contributed by atoms with Crippen molar-refractivity contribution in [2.45, 2.75) is 13.5 Å². The van der Waals surface area contributed by atoms with E-state index in [2.05, 4.69) is 21.4 Å². The first-order valence-corrected chi connectivity index (χ1v) is 8.29. The molecule has 2 aromatic heterocycles. The molecule has 7 nitrogen and oxygen atoms in total. The van der Waals surface area contributed by atoms with Crippen molar-refractivity contribution in [1.82, 2.24) is 20.0 Å². The topological polar surface area (TPSA) is 89.8 Å². The van der Waals surface area contributed by atoms with Crippen LogP contribution in [0.25, 0.3) is 17.1 Å². The summed E-state index contributed by atoms with van der Waals surface area (Å²) in [6.45, 7) is 2.04. The Kier molecular flexibility index (Phi) is 4.37. The summed E-state index contributed by atoms with van der Waals surface area (Å²) in [7, 11) is 0. The van der Waals surface area contributed by atoms with E-state index in [1.165, 1.54) is 6.39 Å². The number of nitrogens with zero attached hydrogens (tertiary/aromatic N) is 5. The lowest BCUT2D eigenvalue weighted by molar-refractivity contribution is 0.297. The van der Waals surface area contributed by atoms with E-state index in [9.17, 15) is 5.26 Å². The lowest BCUT2D eigenvalue weighted by Gasteiger charge is -2.10. The molecule has 0 fully saturated rings. The van der Waals surface area contributed by atoms with Gasteiger partial charge in [0.2, 0.25) is 12.3 Å². The monoisotopic (exact) mass is 357 g/mol. The zero-order chi connectivity index (χ0) is 18.6. The van der Waals surface area contributed by atoms with Gasteiger partial charge < -0.3 is 9.15 Å². The second kappa shape index (κ2) is 7.14. The van der Waals surface area contributed by atoms with Crippen LogP contribution < -0.4 is 4.74 Å². The average molecular weight is 357 g/mol. The Morgan fingerprint density at radius 2 is 1.89 bits per heavy atom. The third-order valence-corrected chi connectivity index (χ3v) is 4.11. The van der Waals surface area contributed by atoms with Gasteiger partial charge in [0.05, 0.1) is 17.1 Å². The number of nitriles is 1. The molecule has 0 spiro atoms. The zero-order valence-corrected chi connectivity index (χ0v) is 14.5. The van der Waals surface area contributed by atoms with E-state index in [0.717, 1.165) is 11.3 Å². The van der Waals surface area contributed by atoms with Crippen LogP contribution in [-0.4, -0.2) is 20.0 Å². The number of hydrogen-bond acceptors (Lipinski definition) is 6. The first-order valence-electron chi connectivity index (χ1n) is 8.29. The van der Waals surface area contributed by atoms with Crippen LogP contribution in [0.2, 0.25) is 0 Å². The first kappa shape index (κ1) is 16.5. The number of ether oxygens (including phenoxy) is 1. The summed E-state index contributed by atoms with van der Waals surface area (Å²) in [5.74, 6) is 1.12. The summed E-state index contributed by atoms with van der Waals surface area (Å²) >= 11 is 0. The van der Waals surface area contributed by atoms with E-state index >= 15 is 0 Å². The molecule has 0 saturated carbocycles. The fourth-order valence-electron chi connectivity index (χ4n) is 2.78. The Morgan fingerprint density at radius 3 is 2.56 bits per heavy atom. The Labute approximate surface area is 155 Å². The number of benzene rings is 2. The second-order valence-corrected chi connectivity index (χ2v) is 5.82. The van der Waals surface area contributed by atoms with Crippen molar-refractivity contribution in [2.24, 2.45) is 0 Å². The summed E-state index contributed by atoms with van der Waals surface area (Å²) in [4.78, 5) is 0. The van der Waals surface area contributed by atoms with Crippen molar-refractivity contribution in [3.63, 3.8) is 0 Å². The van der Waals surface area contributed by atoms with Gasteiger partial charge in [0.25, 0.3) is 0 Å². The van der Waals surface area contributed by atoms with Gasteiger partial charge in [-0.3, -0.25) is 0 Å². The highest BCUT2D eigenvalue weighted by Crippen LogP contribution is 2.23. The summed E-state index contributed by atoms with van der Waals surface area (Å²) in [5.41, 5.74) is 3.60. The summed E-state index contributed by atoms with van der Waals surface area (Å²) in [5, 5.41) is 21.6. The van der Waals surface area contributed by atoms with Crippen LogP contribution in [0.4, 0.5) is 0 Å². The second-order valence-electron chi connectivity index (χ2n) is 5.82. The van der Waals surface area contributed by atoms with Crippen LogP contribution in [-0.2, 0) is 6.61 Å². The van der Waals surface area contributed by atoms with E-state index < -0.39 is 0 Å². The zero-order valence-electron chi connectivity index (χ0n) is 14.5. The highest BCUT2D eigenvalue weighted by Gasteiger charge is 2.17. The molecule has 2 heterocycles. The Hall–Kier alpha value is -3.92. The molecule has 0 radical (unpaired) electrons. The maximum Gasteiger partial charge on any atom is 0.247 e. The van der Waals surface area contributed by atoms with E-state index in [1.54, 1.807) is 4.68 Å². The third-order valence-electron chi connectivity index (χ3n) is 4.11. The molecular weight excluding hydrogens is 342 g/mol. The van der Waals surface area contributed by atoms with Gasteiger partial charge in [-0.15, -0.1) is 10.2 Å². The summed E-state index contributed by atoms with van der Waals surface area (Å²) in [6, 6.07) is 19.2. The molecule has 7 heteroatoms. The fourth-order valence-corrected chi connectivity index (χ4v) is 2.78. The molecule has 0 bridgehead atoms. The fraction of sp³-hybridized carbons (Fsp3) is 0.100. The molecular formula is C20H15N5O2. The normalized spacial score (nSPS) is 10.5. The SMILES string of the molecule is Cc1nn(-c2ccccc2)c(COc2ccc(-c3nnco3)cc2)c1C#N. The van der Waals surface area contributed by atoms with Gasteiger partial charge in [-0.1, -0.05) is 18.2 Å². The highest BCUT2D eigenvalue weighted by molar-refractivity contribution is 5.53. The predicted molar refractivity (Wildman–Crippen MR) is 97.1 cm³/mol. The molecule has 27 heavy (non-hydrogen) atoms. The number of rotatable bonds is 5. The first-order chi connectivity index (χ1) is 13.3. The molecule has 132 valence electrons. The molecule has 0 saturated heterocycles.